The van der Waals surface area contributed by atoms with E-state index in [2.05, 4.69) is 51.4 Å². The molecule has 0 bridgehead atoms. The second-order valence-electron chi connectivity index (χ2n) is 4.92. The minimum Gasteiger partial charge on any atom is -0.383 e. The van der Waals surface area contributed by atoms with Crippen LogP contribution in [0.4, 0.5) is 5.82 Å². The Morgan fingerprint density at radius 3 is 2.16 bits per heavy atom. The Kier molecular flexibility index (Phi) is 4.03. The number of aryl methyl sites for hydroxylation is 2. The number of halogens is 1. The molecule has 0 saturated carbocycles. The van der Waals surface area contributed by atoms with E-state index in [4.69, 9.17) is 5.73 Å². The van der Waals surface area contributed by atoms with Crippen molar-refractivity contribution in [3.05, 3.63) is 32.8 Å². The molecular weight excluding hydrogens is 351 g/mol. The predicted molar refractivity (Wildman–Crippen MR) is 86.0 cm³/mol. The molecule has 100 valence electrons. The molecule has 0 fully saturated rings. The van der Waals surface area contributed by atoms with Crippen LogP contribution in [-0.2, 0) is 0 Å². The van der Waals surface area contributed by atoms with Crippen molar-refractivity contribution >= 4 is 28.4 Å². The van der Waals surface area contributed by atoms with Crippen molar-refractivity contribution in [1.82, 2.24) is 15.0 Å². The largest absolute Gasteiger partial charge is 0.383 e. The first-order chi connectivity index (χ1) is 8.88. The maximum atomic E-state index is 6.00. The Morgan fingerprint density at radius 1 is 1.05 bits per heavy atom. The Balaban J connectivity index is 2.62. The quantitative estimate of drug-likeness (QED) is 0.825. The predicted octanol–water partition coefficient (Wildman–Crippen LogP) is 3.47. The van der Waals surface area contributed by atoms with E-state index in [9.17, 15) is 0 Å². The van der Waals surface area contributed by atoms with Crippen LogP contribution in [0.1, 0.15) is 36.8 Å². The van der Waals surface area contributed by atoms with Crippen molar-refractivity contribution in [2.24, 2.45) is 0 Å². The van der Waals surface area contributed by atoms with Gasteiger partial charge in [0.2, 0.25) is 0 Å². The molecule has 0 amide bonds. The summed E-state index contributed by atoms with van der Waals surface area (Å²) in [6, 6.07) is 3.97. The lowest BCUT2D eigenvalue weighted by Crippen LogP contribution is -2.06. The number of aromatic nitrogens is 3. The van der Waals surface area contributed by atoms with Gasteiger partial charge in [-0.1, -0.05) is 13.8 Å². The zero-order valence-corrected chi connectivity index (χ0v) is 13.7. The molecule has 0 saturated heterocycles. The summed E-state index contributed by atoms with van der Waals surface area (Å²) in [7, 11) is 0. The molecular formula is C14H17IN4. The van der Waals surface area contributed by atoms with E-state index in [1.807, 2.05) is 26.0 Å². The number of nitrogens with zero attached hydrogens (tertiary/aromatic N) is 3. The summed E-state index contributed by atoms with van der Waals surface area (Å²) in [6.45, 7) is 8.15. The van der Waals surface area contributed by atoms with Crippen LogP contribution in [0.5, 0.6) is 0 Å². The third-order valence-corrected chi connectivity index (χ3v) is 3.89. The van der Waals surface area contributed by atoms with Crippen molar-refractivity contribution < 1.29 is 0 Å². The number of hydrogen-bond acceptors (Lipinski definition) is 4. The van der Waals surface area contributed by atoms with Gasteiger partial charge in [0.25, 0.3) is 0 Å². The topological polar surface area (TPSA) is 64.7 Å². The van der Waals surface area contributed by atoms with Gasteiger partial charge in [-0.25, -0.2) is 9.97 Å². The molecule has 0 atom stereocenters. The van der Waals surface area contributed by atoms with Gasteiger partial charge in [-0.05, 0) is 54.5 Å². The van der Waals surface area contributed by atoms with Crippen molar-refractivity contribution in [2.75, 3.05) is 5.73 Å². The Labute approximate surface area is 127 Å². The molecule has 2 N–H and O–H groups in total. The monoisotopic (exact) mass is 368 g/mol. The van der Waals surface area contributed by atoms with Gasteiger partial charge in [0.05, 0.1) is 9.26 Å². The molecule has 2 heterocycles. The summed E-state index contributed by atoms with van der Waals surface area (Å²) in [5, 5.41) is 0. The van der Waals surface area contributed by atoms with Crippen LogP contribution in [0.25, 0.3) is 11.4 Å². The molecule has 0 aliphatic carbocycles. The molecule has 0 radical (unpaired) electrons. The normalized spacial score (nSPS) is 11.1. The minimum atomic E-state index is 0.319. The van der Waals surface area contributed by atoms with E-state index < -0.39 is 0 Å². The lowest BCUT2D eigenvalue weighted by atomic mass is 10.1. The first-order valence-electron chi connectivity index (χ1n) is 6.17. The molecule has 2 aromatic rings. The molecule has 2 aromatic heterocycles. The van der Waals surface area contributed by atoms with E-state index in [1.165, 1.54) is 0 Å². The summed E-state index contributed by atoms with van der Waals surface area (Å²) in [4.78, 5) is 13.4. The second kappa shape index (κ2) is 5.40. The molecule has 2 rings (SSSR count). The Hall–Kier alpha value is -1.24. The summed E-state index contributed by atoms with van der Waals surface area (Å²) in [5.74, 6) is 1.54. The SMILES string of the molecule is Cc1cc(-c2nc(N)c(I)c(C(C)C)n2)cc(C)n1. The second-order valence-corrected chi connectivity index (χ2v) is 6.00. The van der Waals surface area contributed by atoms with Gasteiger partial charge < -0.3 is 5.73 Å². The molecule has 0 aromatic carbocycles. The number of nitrogens with two attached hydrogens (primary N) is 1. The van der Waals surface area contributed by atoms with E-state index in [0.717, 1.165) is 26.2 Å². The number of rotatable bonds is 2. The van der Waals surface area contributed by atoms with Gasteiger partial charge in [-0.2, -0.15) is 0 Å². The van der Waals surface area contributed by atoms with Gasteiger partial charge in [0.1, 0.15) is 5.82 Å². The van der Waals surface area contributed by atoms with Crippen LogP contribution >= 0.6 is 22.6 Å². The maximum Gasteiger partial charge on any atom is 0.161 e. The van der Waals surface area contributed by atoms with Crippen molar-refractivity contribution in [3.8, 4) is 11.4 Å². The van der Waals surface area contributed by atoms with Gasteiger partial charge in [0, 0.05) is 17.0 Å². The van der Waals surface area contributed by atoms with Crippen molar-refractivity contribution in [3.63, 3.8) is 0 Å². The van der Waals surface area contributed by atoms with Crippen LogP contribution in [0.3, 0.4) is 0 Å². The highest BCUT2D eigenvalue weighted by molar-refractivity contribution is 14.1. The highest BCUT2D eigenvalue weighted by atomic mass is 127. The summed E-state index contributed by atoms with van der Waals surface area (Å²) >= 11 is 2.21. The molecule has 5 heteroatoms. The van der Waals surface area contributed by atoms with Crippen LogP contribution in [0, 0.1) is 17.4 Å². The van der Waals surface area contributed by atoms with Crippen molar-refractivity contribution in [2.45, 2.75) is 33.6 Å². The van der Waals surface area contributed by atoms with E-state index in [1.54, 1.807) is 0 Å². The Morgan fingerprint density at radius 2 is 1.63 bits per heavy atom. The summed E-state index contributed by atoms with van der Waals surface area (Å²) in [5.41, 5.74) is 9.88. The maximum absolute atomic E-state index is 6.00. The molecule has 19 heavy (non-hydrogen) atoms. The average Bonchev–Trinajstić information content (AvgIpc) is 2.30. The first kappa shape index (κ1) is 14.2. The fraction of sp³-hybridized carbons (Fsp3) is 0.357. The van der Waals surface area contributed by atoms with E-state index >= 15 is 0 Å². The fourth-order valence-corrected chi connectivity index (χ4v) is 2.82. The molecule has 0 unspecified atom stereocenters. The van der Waals surface area contributed by atoms with Gasteiger partial charge in [-0.3, -0.25) is 4.98 Å². The number of hydrogen-bond donors (Lipinski definition) is 1. The molecule has 0 spiro atoms. The smallest absolute Gasteiger partial charge is 0.161 e. The van der Waals surface area contributed by atoms with Crippen LogP contribution in [-0.4, -0.2) is 15.0 Å². The van der Waals surface area contributed by atoms with Crippen LogP contribution in [0.15, 0.2) is 12.1 Å². The highest BCUT2D eigenvalue weighted by Crippen LogP contribution is 2.27. The summed E-state index contributed by atoms with van der Waals surface area (Å²) < 4.78 is 0.943. The zero-order chi connectivity index (χ0) is 14.2. The lowest BCUT2D eigenvalue weighted by Gasteiger charge is -2.12. The third kappa shape index (κ3) is 3.02. The van der Waals surface area contributed by atoms with Crippen LogP contribution in [0.2, 0.25) is 0 Å². The summed E-state index contributed by atoms with van der Waals surface area (Å²) in [6.07, 6.45) is 0. The Bertz CT molecular complexity index is 603. The van der Waals surface area contributed by atoms with Gasteiger partial charge in [0.15, 0.2) is 5.82 Å². The molecule has 0 aliphatic heterocycles. The standard InChI is InChI=1S/C14H17IN4/c1-7(2)12-11(15)13(16)19-14(18-12)10-5-8(3)17-9(4)6-10/h5-7H,1-4H3,(H2,16,18,19). The van der Waals surface area contributed by atoms with E-state index in [0.29, 0.717) is 17.6 Å². The number of pyridine rings is 1. The fourth-order valence-electron chi connectivity index (χ4n) is 1.96. The number of anilines is 1. The highest BCUT2D eigenvalue weighted by Gasteiger charge is 2.14. The van der Waals surface area contributed by atoms with E-state index in [-0.39, 0.29) is 0 Å². The number of nitrogen functional groups attached to an aromatic ring is 1. The third-order valence-electron chi connectivity index (χ3n) is 2.79. The van der Waals surface area contributed by atoms with Gasteiger partial charge in [-0.15, -0.1) is 0 Å². The van der Waals surface area contributed by atoms with Gasteiger partial charge >= 0.3 is 0 Å². The molecule has 4 nitrogen and oxygen atoms in total. The molecule has 0 aliphatic rings. The average molecular weight is 368 g/mol. The lowest BCUT2D eigenvalue weighted by molar-refractivity contribution is 0.810. The van der Waals surface area contributed by atoms with Crippen molar-refractivity contribution in [1.29, 1.82) is 0 Å². The zero-order valence-electron chi connectivity index (χ0n) is 11.5. The van der Waals surface area contributed by atoms with Crippen LogP contribution < -0.4 is 5.73 Å². The first-order valence-corrected chi connectivity index (χ1v) is 7.25. The minimum absolute atomic E-state index is 0.319.